The van der Waals surface area contributed by atoms with E-state index in [0.29, 0.717) is 25.9 Å². The Morgan fingerprint density at radius 2 is 2.12 bits per heavy atom. The van der Waals surface area contributed by atoms with Crippen molar-refractivity contribution in [1.82, 2.24) is 15.1 Å². The molecule has 1 aliphatic rings. The predicted molar refractivity (Wildman–Crippen MR) is 88.7 cm³/mol. The smallest absolute Gasteiger partial charge is 0.337 e. The van der Waals surface area contributed by atoms with E-state index >= 15 is 0 Å². The Balaban J connectivity index is 1.91. The van der Waals surface area contributed by atoms with Crippen LogP contribution in [0.1, 0.15) is 23.2 Å². The number of aromatic nitrogens is 2. The first-order valence-electron chi connectivity index (χ1n) is 7.97. The molecule has 0 saturated carbocycles. The van der Waals surface area contributed by atoms with Crippen molar-refractivity contribution in [3.63, 3.8) is 0 Å². The molecule has 0 spiro atoms. The lowest BCUT2D eigenvalue weighted by Gasteiger charge is -2.36. The van der Waals surface area contributed by atoms with Gasteiger partial charge in [0.05, 0.1) is 18.4 Å². The number of anilines is 1. The minimum atomic E-state index is -0.900. The van der Waals surface area contributed by atoms with E-state index in [1.165, 1.54) is 19.2 Å². The van der Waals surface area contributed by atoms with Crippen molar-refractivity contribution in [1.29, 1.82) is 0 Å². The average Bonchev–Trinajstić information content (AvgIpc) is 3.18. The normalized spacial score (nSPS) is 16.2. The lowest BCUT2D eigenvalue weighted by molar-refractivity contribution is -0.126. The molecule has 8 heteroatoms. The van der Waals surface area contributed by atoms with Crippen LogP contribution in [0, 0.1) is 5.82 Å². The molecule has 25 heavy (non-hydrogen) atoms. The molecule has 0 atom stereocenters. The molecule has 1 fully saturated rings. The van der Waals surface area contributed by atoms with Gasteiger partial charge in [-0.1, -0.05) is 0 Å². The zero-order valence-electron chi connectivity index (χ0n) is 13.8. The summed E-state index contributed by atoms with van der Waals surface area (Å²) in [5.41, 5.74) is -0.793. The second kappa shape index (κ2) is 7.02. The van der Waals surface area contributed by atoms with E-state index in [2.05, 4.69) is 20.5 Å². The minimum absolute atomic E-state index is 0.0574. The Labute approximate surface area is 144 Å². The van der Waals surface area contributed by atoms with Gasteiger partial charge in [-0.05, 0) is 50.2 Å². The molecule has 132 valence electrons. The fourth-order valence-corrected chi connectivity index (χ4v) is 3.03. The highest BCUT2D eigenvalue weighted by Crippen LogP contribution is 2.29. The molecule has 1 aromatic carbocycles. The van der Waals surface area contributed by atoms with Gasteiger partial charge in [0.25, 0.3) is 5.91 Å². The van der Waals surface area contributed by atoms with Crippen LogP contribution in [0.15, 0.2) is 36.7 Å². The number of esters is 1. The third-order valence-electron chi connectivity index (χ3n) is 4.43. The van der Waals surface area contributed by atoms with Crippen LogP contribution in [0.4, 0.5) is 10.1 Å². The lowest BCUT2D eigenvalue weighted by Crippen LogP contribution is -2.52. The molecular weight excluding hydrogens is 327 g/mol. The third-order valence-corrected chi connectivity index (χ3v) is 4.43. The van der Waals surface area contributed by atoms with Gasteiger partial charge in [0.15, 0.2) is 0 Å². The predicted octanol–water partition coefficient (Wildman–Crippen LogP) is 1.53. The number of halogens is 1. The second-order valence-corrected chi connectivity index (χ2v) is 5.87. The fraction of sp³-hybridized carbons (Fsp3) is 0.353. The van der Waals surface area contributed by atoms with Crippen LogP contribution >= 0.6 is 0 Å². The van der Waals surface area contributed by atoms with Crippen molar-refractivity contribution in [3.05, 3.63) is 48.0 Å². The number of hydrogen-bond donors (Lipinski definition) is 2. The maximum absolute atomic E-state index is 14.1. The molecule has 7 nitrogen and oxygen atoms in total. The summed E-state index contributed by atoms with van der Waals surface area (Å²) in [6.45, 7) is 1.30. The topological polar surface area (TPSA) is 85.2 Å². The quantitative estimate of drug-likeness (QED) is 0.820. The van der Waals surface area contributed by atoms with Gasteiger partial charge < -0.3 is 15.4 Å². The Kier molecular flexibility index (Phi) is 4.80. The van der Waals surface area contributed by atoms with Crippen molar-refractivity contribution in [2.75, 3.05) is 25.5 Å². The molecule has 2 aromatic rings. The van der Waals surface area contributed by atoms with Crippen LogP contribution in [0.2, 0.25) is 0 Å². The third kappa shape index (κ3) is 3.25. The summed E-state index contributed by atoms with van der Waals surface area (Å²) in [6.07, 6.45) is 4.39. The molecule has 1 aliphatic heterocycles. The van der Waals surface area contributed by atoms with Crippen LogP contribution in [-0.2, 0) is 15.1 Å². The van der Waals surface area contributed by atoms with E-state index in [9.17, 15) is 14.0 Å². The van der Waals surface area contributed by atoms with Gasteiger partial charge in [-0.15, -0.1) is 0 Å². The summed E-state index contributed by atoms with van der Waals surface area (Å²) < 4.78 is 20.4. The number of nitrogens with zero attached hydrogens (tertiary/aromatic N) is 2. The van der Waals surface area contributed by atoms with Gasteiger partial charge in [-0.3, -0.25) is 9.48 Å². The van der Waals surface area contributed by atoms with E-state index in [0.717, 1.165) is 6.07 Å². The van der Waals surface area contributed by atoms with Crippen LogP contribution in [0.5, 0.6) is 0 Å². The largest absolute Gasteiger partial charge is 0.465 e. The van der Waals surface area contributed by atoms with E-state index < -0.39 is 17.3 Å². The Morgan fingerprint density at radius 3 is 2.76 bits per heavy atom. The van der Waals surface area contributed by atoms with Crippen molar-refractivity contribution >= 4 is 17.6 Å². The van der Waals surface area contributed by atoms with Crippen LogP contribution < -0.4 is 10.6 Å². The summed E-state index contributed by atoms with van der Waals surface area (Å²) in [5, 5.41) is 10.0. The van der Waals surface area contributed by atoms with Crippen molar-refractivity contribution in [3.8, 4) is 0 Å². The molecule has 1 aromatic heterocycles. The number of nitrogens with one attached hydrogen (secondary N) is 2. The molecule has 0 bridgehead atoms. The molecule has 2 N–H and O–H groups in total. The first-order chi connectivity index (χ1) is 12.1. The molecule has 1 amide bonds. The van der Waals surface area contributed by atoms with Crippen molar-refractivity contribution in [2.45, 2.75) is 18.4 Å². The van der Waals surface area contributed by atoms with Crippen LogP contribution in [0.3, 0.4) is 0 Å². The molecule has 3 rings (SSSR count). The molecule has 2 heterocycles. The summed E-state index contributed by atoms with van der Waals surface area (Å²) in [5.74, 6) is -1.58. The number of ether oxygens (including phenoxy) is 1. The van der Waals surface area contributed by atoms with Gasteiger partial charge >= 0.3 is 5.97 Å². The van der Waals surface area contributed by atoms with E-state index in [4.69, 9.17) is 0 Å². The standard InChI is InChI=1S/C17H19FN4O3/c1-25-15(23)12-3-4-13(18)14(11-12)21-16(24)17(5-8-19-9-6-17)22-10-2-7-20-22/h2-4,7,10-11,19H,5-6,8-9H2,1H3,(H,21,24). The minimum Gasteiger partial charge on any atom is -0.465 e. The Bertz CT molecular complexity index is 770. The highest BCUT2D eigenvalue weighted by atomic mass is 19.1. The summed E-state index contributed by atoms with van der Waals surface area (Å²) in [6, 6.07) is 5.46. The number of rotatable bonds is 4. The van der Waals surface area contributed by atoms with Crippen LogP contribution in [0.25, 0.3) is 0 Å². The fourth-order valence-electron chi connectivity index (χ4n) is 3.03. The molecule has 0 radical (unpaired) electrons. The van der Waals surface area contributed by atoms with Gasteiger partial charge in [-0.25, -0.2) is 9.18 Å². The number of benzene rings is 1. The zero-order valence-corrected chi connectivity index (χ0v) is 13.8. The highest BCUT2D eigenvalue weighted by Gasteiger charge is 2.42. The molecule has 0 unspecified atom stereocenters. The van der Waals surface area contributed by atoms with Gasteiger partial charge in [0.1, 0.15) is 11.4 Å². The number of methoxy groups -OCH3 is 1. The number of amides is 1. The first-order valence-corrected chi connectivity index (χ1v) is 7.97. The number of carbonyl (C=O) groups excluding carboxylic acids is 2. The summed E-state index contributed by atoms with van der Waals surface area (Å²) >= 11 is 0. The maximum atomic E-state index is 14.1. The van der Waals surface area contributed by atoms with E-state index in [1.54, 1.807) is 23.1 Å². The monoisotopic (exact) mass is 346 g/mol. The second-order valence-electron chi connectivity index (χ2n) is 5.87. The summed E-state index contributed by atoms with van der Waals surface area (Å²) in [4.78, 5) is 24.6. The van der Waals surface area contributed by atoms with Crippen molar-refractivity contribution in [2.24, 2.45) is 0 Å². The van der Waals surface area contributed by atoms with Gasteiger partial charge in [0.2, 0.25) is 0 Å². The highest BCUT2D eigenvalue weighted by molar-refractivity contribution is 5.98. The average molecular weight is 346 g/mol. The Hall–Kier alpha value is -2.74. The molecule has 0 aliphatic carbocycles. The number of carbonyl (C=O) groups is 2. The Morgan fingerprint density at radius 1 is 1.36 bits per heavy atom. The van der Waals surface area contributed by atoms with Gasteiger partial charge in [0, 0.05) is 12.4 Å². The zero-order chi connectivity index (χ0) is 17.9. The van der Waals surface area contributed by atoms with E-state index in [-0.39, 0.29) is 17.2 Å². The molecular formula is C17H19FN4O3. The summed E-state index contributed by atoms with van der Waals surface area (Å²) in [7, 11) is 1.24. The van der Waals surface area contributed by atoms with E-state index in [1.807, 2.05) is 0 Å². The maximum Gasteiger partial charge on any atom is 0.337 e. The SMILES string of the molecule is COC(=O)c1ccc(F)c(NC(=O)C2(n3cccn3)CCNCC2)c1. The number of hydrogen-bond acceptors (Lipinski definition) is 5. The lowest BCUT2D eigenvalue weighted by atomic mass is 9.87. The molecule has 1 saturated heterocycles. The number of piperidine rings is 1. The van der Waals surface area contributed by atoms with Crippen LogP contribution in [-0.4, -0.2) is 41.9 Å². The van der Waals surface area contributed by atoms with Crippen molar-refractivity contribution < 1.29 is 18.7 Å². The van der Waals surface area contributed by atoms with Gasteiger partial charge in [-0.2, -0.15) is 5.10 Å². The first kappa shape index (κ1) is 17.1.